The lowest BCUT2D eigenvalue weighted by Gasteiger charge is -2.32. The Morgan fingerprint density at radius 1 is 1.00 bits per heavy atom. The second kappa shape index (κ2) is 14.2. The molecule has 41 heavy (non-hydrogen) atoms. The van der Waals surface area contributed by atoms with E-state index in [0.717, 1.165) is 16.4 Å². The van der Waals surface area contributed by atoms with E-state index in [1.54, 1.807) is 31.2 Å². The molecule has 0 heterocycles. The number of carbonyl (C=O) groups excluding carboxylic acids is 2. The molecule has 0 saturated heterocycles. The van der Waals surface area contributed by atoms with Gasteiger partial charge in [0.1, 0.15) is 18.4 Å². The lowest BCUT2D eigenvalue weighted by atomic mass is 10.1. The Morgan fingerprint density at radius 3 is 2.27 bits per heavy atom. The molecule has 9 nitrogen and oxygen atoms in total. The Kier molecular flexibility index (Phi) is 11.0. The predicted molar refractivity (Wildman–Crippen MR) is 155 cm³/mol. The summed E-state index contributed by atoms with van der Waals surface area (Å²) in [4.78, 5) is 27.9. The summed E-state index contributed by atoms with van der Waals surface area (Å²) in [5.74, 6) is -1.17. The van der Waals surface area contributed by atoms with Gasteiger partial charge in [-0.15, -0.1) is 0 Å². The molecule has 0 aliphatic carbocycles. The summed E-state index contributed by atoms with van der Waals surface area (Å²) in [5, 5.41) is 3.16. The van der Waals surface area contributed by atoms with Crippen LogP contribution < -0.4 is 19.1 Å². The van der Waals surface area contributed by atoms with Gasteiger partial charge in [-0.3, -0.25) is 13.9 Å². The molecule has 1 N–H and O–H groups in total. The smallest absolute Gasteiger partial charge is 0.264 e. The SMILES string of the molecule is CCCNC(=O)[C@@H](C)N(Cc1ccccc1Cl)C(=O)CN(c1ccc(F)cc1)S(=O)(=O)c1ccc(OC)c(OC)c1. The molecular weight excluding hydrogens is 573 g/mol. The van der Waals surface area contributed by atoms with Crippen LogP contribution in [0.15, 0.2) is 71.6 Å². The summed E-state index contributed by atoms with van der Waals surface area (Å²) in [7, 11) is -1.61. The van der Waals surface area contributed by atoms with Crippen LogP contribution in [0.1, 0.15) is 25.8 Å². The lowest BCUT2D eigenvalue weighted by Crippen LogP contribution is -2.51. The molecule has 0 aliphatic heterocycles. The number of carbonyl (C=O) groups is 2. The molecule has 0 radical (unpaired) electrons. The second-order valence-electron chi connectivity index (χ2n) is 9.08. The zero-order valence-electron chi connectivity index (χ0n) is 23.3. The topological polar surface area (TPSA) is 105 Å². The number of nitrogens with zero attached hydrogens (tertiary/aromatic N) is 2. The second-order valence-corrected chi connectivity index (χ2v) is 11.4. The lowest BCUT2D eigenvalue weighted by molar-refractivity contribution is -0.139. The monoisotopic (exact) mass is 605 g/mol. The van der Waals surface area contributed by atoms with Crippen LogP contribution in [0.4, 0.5) is 10.1 Å². The van der Waals surface area contributed by atoms with E-state index in [-0.39, 0.29) is 22.9 Å². The standard InChI is InChI=1S/C29H33ClFN3O6S/c1-5-16-32-29(36)20(2)33(18-21-8-6-7-9-25(21)30)28(35)19-34(23-12-10-22(31)11-13-23)41(37,38)24-14-15-26(39-3)27(17-24)40-4/h6-15,17,20H,5,16,18-19H2,1-4H3,(H,32,36)/t20-/m1/s1. The first-order valence-electron chi connectivity index (χ1n) is 12.8. The largest absolute Gasteiger partial charge is 0.493 e. The molecule has 0 saturated carbocycles. The van der Waals surface area contributed by atoms with E-state index in [9.17, 15) is 22.4 Å². The molecule has 0 aromatic heterocycles. The highest BCUT2D eigenvalue weighted by Crippen LogP contribution is 2.32. The summed E-state index contributed by atoms with van der Waals surface area (Å²) in [6.45, 7) is 3.14. The van der Waals surface area contributed by atoms with Crippen molar-refractivity contribution in [2.24, 2.45) is 0 Å². The van der Waals surface area contributed by atoms with Gasteiger partial charge in [-0.25, -0.2) is 12.8 Å². The van der Waals surface area contributed by atoms with E-state index < -0.39 is 40.2 Å². The average molecular weight is 606 g/mol. The zero-order valence-corrected chi connectivity index (χ0v) is 24.8. The number of hydrogen-bond donors (Lipinski definition) is 1. The Bertz CT molecular complexity index is 1470. The molecule has 3 aromatic rings. The van der Waals surface area contributed by atoms with Crippen LogP contribution in [0.5, 0.6) is 11.5 Å². The summed E-state index contributed by atoms with van der Waals surface area (Å²) >= 11 is 6.36. The van der Waals surface area contributed by atoms with Gasteiger partial charge >= 0.3 is 0 Å². The van der Waals surface area contributed by atoms with Gasteiger partial charge < -0.3 is 19.7 Å². The summed E-state index contributed by atoms with van der Waals surface area (Å²) in [6, 6.07) is 14.7. The fourth-order valence-corrected chi connectivity index (χ4v) is 5.65. The Morgan fingerprint density at radius 2 is 1.66 bits per heavy atom. The Labute approximate surface area is 244 Å². The first-order chi connectivity index (χ1) is 19.5. The summed E-state index contributed by atoms with van der Waals surface area (Å²) in [6.07, 6.45) is 0.693. The van der Waals surface area contributed by atoms with Gasteiger partial charge in [0.2, 0.25) is 11.8 Å². The zero-order chi connectivity index (χ0) is 30.2. The van der Waals surface area contributed by atoms with Gasteiger partial charge in [-0.1, -0.05) is 36.7 Å². The predicted octanol–water partition coefficient (Wildman–Crippen LogP) is 4.64. The van der Waals surface area contributed by atoms with Crippen LogP contribution in [0.3, 0.4) is 0 Å². The van der Waals surface area contributed by atoms with Crippen molar-refractivity contribution in [3.05, 3.63) is 83.1 Å². The number of amides is 2. The molecule has 0 spiro atoms. The van der Waals surface area contributed by atoms with Gasteiger partial charge in [-0.2, -0.15) is 0 Å². The minimum absolute atomic E-state index is 0.0487. The highest BCUT2D eigenvalue weighted by Gasteiger charge is 2.33. The van der Waals surface area contributed by atoms with Crippen molar-refractivity contribution in [2.75, 3.05) is 31.6 Å². The third-order valence-corrected chi connectivity index (χ3v) is 8.49. The maximum Gasteiger partial charge on any atom is 0.264 e. The van der Waals surface area contributed by atoms with Crippen molar-refractivity contribution in [1.82, 2.24) is 10.2 Å². The molecule has 0 fully saturated rings. The molecule has 0 unspecified atom stereocenters. The fraction of sp³-hybridized carbons (Fsp3) is 0.310. The van der Waals surface area contributed by atoms with E-state index in [1.165, 1.54) is 49.5 Å². The molecule has 0 bridgehead atoms. The molecule has 220 valence electrons. The van der Waals surface area contributed by atoms with Crippen LogP contribution in [-0.4, -0.2) is 58.5 Å². The Hall–Kier alpha value is -3.83. The van der Waals surface area contributed by atoms with Crippen LogP contribution in [0, 0.1) is 5.82 Å². The van der Waals surface area contributed by atoms with E-state index in [4.69, 9.17) is 21.1 Å². The van der Waals surface area contributed by atoms with Crippen molar-refractivity contribution in [3.8, 4) is 11.5 Å². The Balaban J connectivity index is 2.07. The van der Waals surface area contributed by atoms with E-state index in [0.29, 0.717) is 29.3 Å². The van der Waals surface area contributed by atoms with Crippen molar-refractivity contribution >= 4 is 39.1 Å². The van der Waals surface area contributed by atoms with Crippen LogP contribution in [-0.2, 0) is 26.2 Å². The highest BCUT2D eigenvalue weighted by molar-refractivity contribution is 7.92. The number of hydrogen-bond acceptors (Lipinski definition) is 6. The number of nitrogens with one attached hydrogen (secondary N) is 1. The molecular formula is C29H33ClFN3O6S. The normalized spacial score (nSPS) is 11.9. The first kappa shape index (κ1) is 31.7. The van der Waals surface area contributed by atoms with Gasteiger partial charge in [-0.05, 0) is 61.4 Å². The van der Waals surface area contributed by atoms with Crippen molar-refractivity contribution in [1.29, 1.82) is 0 Å². The molecule has 3 rings (SSSR count). The summed E-state index contributed by atoms with van der Waals surface area (Å²) < 4.78 is 53.1. The fourth-order valence-electron chi connectivity index (χ4n) is 4.03. The third kappa shape index (κ3) is 7.68. The number of ether oxygens (including phenoxy) is 2. The maximum atomic E-state index is 14.0. The van der Waals surface area contributed by atoms with Crippen molar-refractivity contribution < 1.29 is 31.9 Å². The van der Waals surface area contributed by atoms with Crippen LogP contribution in [0.2, 0.25) is 5.02 Å². The van der Waals surface area contributed by atoms with Crippen molar-refractivity contribution in [3.63, 3.8) is 0 Å². The minimum atomic E-state index is -4.39. The molecule has 12 heteroatoms. The first-order valence-corrected chi connectivity index (χ1v) is 14.7. The van der Waals surface area contributed by atoms with Crippen molar-refractivity contribution in [2.45, 2.75) is 37.8 Å². The van der Waals surface area contributed by atoms with E-state index in [1.807, 2.05) is 6.92 Å². The molecule has 0 aliphatic rings. The number of anilines is 1. The maximum absolute atomic E-state index is 14.0. The van der Waals surface area contributed by atoms with E-state index in [2.05, 4.69) is 5.32 Å². The quantitative estimate of drug-likeness (QED) is 0.304. The molecule has 3 aromatic carbocycles. The molecule has 2 amide bonds. The van der Waals surface area contributed by atoms with Crippen LogP contribution in [0.25, 0.3) is 0 Å². The number of benzene rings is 3. The van der Waals surface area contributed by atoms with Crippen LogP contribution >= 0.6 is 11.6 Å². The number of sulfonamides is 1. The summed E-state index contributed by atoms with van der Waals surface area (Å²) in [5.41, 5.74) is 0.629. The van der Waals surface area contributed by atoms with E-state index >= 15 is 0 Å². The average Bonchev–Trinajstić information content (AvgIpc) is 2.97. The third-order valence-electron chi connectivity index (χ3n) is 6.35. The van der Waals surface area contributed by atoms with Gasteiger partial charge in [0.25, 0.3) is 10.0 Å². The minimum Gasteiger partial charge on any atom is -0.493 e. The number of methoxy groups -OCH3 is 2. The van der Waals surface area contributed by atoms with Gasteiger partial charge in [0, 0.05) is 24.2 Å². The van der Waals surface area contributed by atoms with Gasteiger partial charge in [0.15, 0.2) is 11.5 Å². The number of rotatable bonds is 13. The number of halogens is 2. The van der Waals surface area contributed by atoms with Gasteiger partial charge in [0.05, 0.1) is 24.8 Å². The highest BCUT2D eigenvalue weighted by atomic mass is 35.5. The molecule has 1 atom stereocenters.